The molecule has 3 atom stereocenters. The first kappa shape index (κ1) is 53.7. The van der Waals surface area contributed by atoms with Crippen molar-refractivity contribution >= 4 is 63.2 Å². The SMILES string of the molecule is COc1cc2c(Oc3ccc(N(C(=O)C4(C(N)=O)CC4)c4ccc(F)cc4)cc3F)ccnc2cc1OCCCOCCC(=O)N[C@H](C(=O)N1C[C@@H](O)C[C@H]1C(=O)NCc1ccc(-c2scnc2C)cc1)C(C)(C)C. The molecule has 8 rings (SSSR count). The van der Waals surface area contributed by atoms with E-state index in [2.05, 4.69) is 20.6 Å². The number of benzene rings is 4. The van der Waals surface area contributed by atoms with Crippen LogP contribution in [0, 0.1) is 29.4 Å². The van der Waals surface area contributed by atoms with Crippen LogP contribution in [0.15, 0.2) is 96.6 Å². The van der Waals surface area contributed by atoms with Crippen molar-refractivity contribution < 1.29 is 56.8 Å². The number of nitrogens with two attached hydrogens (primary N) is 1. The summed E-state index contributed by atoms with van der Waals surface area (Å²) in [5.74, 6) is -3.31. The smallest absolute Gasteiger partial charge is 0.247 e. The van der Waals surface area contributed by atoms with Crippen LogP contribution >= 0.6 is 11.3 Å². The predicted molar refractivity (Wildman–Crippen MR) is 276 cm³/mol. The fourth-order valence-corrected chi connectivity index (χ4v) is 9.63. The van der Waals surface area contributed by atoms with E-state index in [1.165, 1.54) is 42.5 Å². The average molecular weight is 1050 g/mol. The summed E-state index contributed by atoms with van der Waals surface area (Å²) in [5.41, 5.74) is 8.82. The van der Waals surface area contributed by atoms with Gasteiger partial charge in [-0.25, -0.2) is 13.8 Å². The third-order valence-electron chi connectivity index (χ3n) is 13.2. The molecule has 5 N–H and O–H groups in total. The topological polar surface area (TPSA) is 225 Å². The molecule has 1 saturated carbocycles. The Labute approximate surface area is 436 Å². The zero-order valence-corrected chi connectivity index (χ0v) is 43.0. The molecule has 394 valence electrons. The van der Waals surface area contributed by atoms with Gasteiger partial charge in [0.15, 0.2) is 23.1 Å². The van der Waals surface area contributed by atoms with Crippen LogP contribution in [0.5, 0.6) is 23.0 Å². The van der Waals surface area contributed by atoms with Crippen LogP contribution in [0.3, 0.4) is 0 Å². The van der Waals surface area contributed by atoms with Crippen molar-refractivity contribution in [2.75, 3.05) is 38.4 Å². The number of carbonyl (C=O) groups excluding carboxylic acids is 5. The van der Waals surface area contributed by atoms with Crippen molar-refractivity contribution in [2.24, 2.45) is 16.6 Å². The predicted octanol–water partition coefficient (Wildman–Crippen LogP) is 7.66. The van der Waals surface area contributed by atoms with Crippen molar-refractivity contribution in [2.45, 2.75) is 84.5 Å². The number of aromatic nitrogens is 2. The summed E-state index contributed by atoms with van der Waals surface area (Å²) in [5, 5.41) is 16.8. The number of nitrogens with zero attached hydrogens (tertiary/aromatic N) is 4. The summed E-state index contributed by atoms with van der Waals surface area (Å²) in [6, 6.07) is 19.6. The first-order chi connectivity index (χ1) is 35.9. The Hall–Kier alpha value is -7.55. The number of amides is 5. The van der Waals surface area contributed by atoms with Crippen molar-refractivity contribution in [1.82, 2.24) is 25.5 Å². The molecule has 2 fully saturated rings. The largest absolute Gasteiger partial charge is 0.493 e. The summed E-state index contributed by atoms with van der Waals surface area (Å²) in [4.78, 5) is 79.1. The summed E-state index contributed by atoms with van der Waals surface area (Å²) in [6.45, 7) is 8.10. The van der Waals surface area contributed by atoms with Crippen LogP contribution in [0.2, 0.25) is 0 Å². The van der Waals surface area contributed by atoms with Gasteiger partial charge in [0.2, 0.25) is 29.5 Å². The molecule has 1 aliphatic carbocycles. The van der Waals surface area contributed by atoms with Crippen LogP contribution < -0.4 is 35.5 Å². The number of nitrogens with one attached hydrogen (secondary N) is 2. The van der Waals surface area contributed by atoms with Crippen molar-refractivity contribution in [3.8, 4) is 33.4 Å². The van der Waals surface area contributed by atoms with Crippen LogP contribution in [0.25, 0.3) is 21.3 Å². The first-order valence-electron chi connectivity index (χ1n) is 24.5. The molecule has 0 bridgehead atoms. The Morgan fingerprint density at radius 3 is 2.29 bits per heavy atom. The quantitative estimate of drug-likeness (QED) is 0.0403. The molecule has 1 saturated heterocycles. The number of halogens is 2. The number of primary amides is 1. The molecule has 1 aliphatic heterocycles. The number of carbonyl (C=O) groups is 5. The summed E-state index contributed by atoms with van der Waals surface area (Å²) in [6.07, 6.45) is 1.53. The lowest BCUT2D eigenvalue weighted by atomic mass is 9.85. The number of likely N-dealkylation sites (tertiary alicyclic amines) is 1. The van der Waals surface area contributed by atoms with E-state index in [-0.39, 0.29) is 81.5 Å². The minimum Gasteiger partial charge on any atom is -0.493 e. The Morgan fingerprint density at radius 1 is 0.907 bits per heavy atom. The van der Waals surface area contributed by atoms with Crippen molar-refractivity contribution in [3.63, 3.8) is 0 Å². The monoisotopic (exact) mass is 1050 g/mol. The van der Waals surface area contributed by atoms with Gasteiger partial charge in [0.05, 0.1) is 53.7 Å². The highest BCUT2D eigenvalue weighted by atomic mass is 32.1. The molecular formula is C55H59F2N7O10S. The second-order valence-corrected chi connectivity index (χ2v) is 20.5. The summed E-state index contributed by atoms with van der Waals surface area (Å²) >= 11 is 1.56. The highest BCUT2D eigenvalue weighted by Crippen LogP contribution is 2.49. The number of methoxy groups -OCH3 is 1. The fourth-order valence-electron chi connectivity index (χ4n) is 8.82. The molecular weight excluding hydrogens is 989 g/mol. The van der Waals surface area contributed by atoms with Gasteiger partial charge >= 0.3 is 0 Å². The number of ether oxygens (including phenoxy) is 4. The number of pyridine rings is 1. The minimum atomic E-state index is -1.44. The molecule has 2 aliphatic rings. The molecule has 6 aromatic rings. The van der Waals surface area contributed by atoms with Gasteiger partial charge in [0, 0.05) is 68.4 Å². The molecule has 2 aromatic heterocycles. The Bertz CT molecular complexity index is 3070. The first-order valence-corrected chi connectivity index (χ1v) is 25.3. The number of hydrogen-bond acceptors (Lipinski definition) is 13. The van der Waals surface area contributed by atoms with Crippen LogP contribution in [0.1, 0.15) is 64.1 Å². The molecule has 75 heavy (non-hydrogen) atoms. The molecule has 0 unspecified atom stereocenters. The Kier molecular flexibility index (Phi) is 16.4. The van der Waals surface area contributed by atoms with E-state index in [4.69, 9.17) is 24.7 Å². The standard InChI is InChI=1S/C55H59F2N7O10S/c1-32-48(75-31-61-32)34-9-7-33(8-10-34)29-60-50(67)42-26-38(65)30-63(42)51(68)49(54(2,3)4)62-47(66)18-24-72-22-6-23-73-46-28-41-39(27-45(46)71-5)43(17-21-59-41)74-44-16-15-37(25-40(44)57)64(36-13-11-35(56)12-14-36)53(70)55(19-20-55)52(58)69/h7-17,21,25,27-28,31,38,42,49,65H,6,18-20,22-24,26,29-30H2,1-5H3,(H2,58,69)(H,60,67)(H,62,66)/t38-,42-,49+/m0/s1. The van der Waals surface area contributed by atoms with E-state index >= 15 is 4.39 Å². The number of hydrogen-bond donors (Lipinski definition) is 4. The molecule has 20 heteroatoms. The lowest BCUT2D eigenvalue weighted by molar-refractivity contribution is -0.144. The maximum Gasteiger partial charge on any atom is 0.247 e. The Balaban J connectivity index is 0.815. The van der Waals surface area contributed by atoms with E-state index in [9.17, 15) is 33.5 Å². The summed E-state index contributed by atoms with van der Waals surface area (Å²) < 4.78 is 53.2. The molecule has 5 amide bonds. The number of thiazole rings is 1. The number of fused-ring (bicyclic) bond motifs is 1. The highest BCUT2D eigenvalue weighted by molar-refractivity contribution is 7.13. The lowest BCUT2D eigenvalue weighted by Gasteiger charge is -2.35. The zero-order valence-electron chi connectivity index (χ0n) is 42.2. The minimum absolute atomic E-state index is 0.0388. The third kappa shape index (κ3) is 12.4. The second kappa shape index (κ2) is 22.9. The maximum atomic E-state index is 15.9. The van der Waals surface area contributed by atoms with E-state index in [0.29, 0.717) is 28.8 Å². The van der Waals surface area contributed by atoms with Gasteiger partial charge in [-0.05, 0) is 84.8 Å². The molecule has 17 nitrogen and oxygen atoms in total. The van der Waals surface area contributed by atoms with E-state index in [1.54, 1.807) is 35.0 Å². The van der Waals surface area contributed by atoms with E-state index < -0.39 is 70.2 Å². The molecule has 0 radical (unpaired) electrons. The van der Waals surface area contributed by atoms with Crippen LogP contribution in [0.4, 0.5) is 20.2 Å². The molecule has 4 aromatic carbocycles. The van der Waals surface area contributed by atoms with Gasteiger partial charge in [-0.2, -0.15) is 0 Å². The second-order valence-electron chi connectivity index (χ2n) is 19.6. The highest BCUT2D eigenvalue weighted by Gasteiger charge is 2.57. The number of aliphatic hydroxyl groups is 1. The van der Waals surface area contributed by atoms with Crippen molar-refractivity contribution in [1.29, 1.82) is 0 Å². The normalized spacial score (nSPS) is 16.2. The zero-order chi connectivity index (χ0) is 53.6. The van der Waals surface area contributed by atoms with Gasteiger partial charge < -0.3 is 45.3 Å². The number of aliphatic hydroxyl groups excluding tert-OH is 1. The van der Waals surface area contributed by atoms with Gasteiger partial charge in [-0.1, -0.05) is 45.0 Å². The van der Waals surface area contributed by atoms with Gasteiger partial charge in [0.25, 0.3) is 0 Å². The average Bonchev–Trinajstić information content (AvgIpc) is 3.96. The van der Waals surface area contributed by atoms with E-state index in [0.717, 1.165) is 44.8 Å². The molecule has 3 heterocycles. The van der Waals surface area contributed by atoms with Crippen molar-refractivity contribution in [3.05, 3.63) is 120 Å². The van der Waals surface area contributed by atoms with E-state index in [1.807, 2.05) is 52.0 Å². The lowest BCUT2D eigenvalue weighted by Crippen LogP contribution is -2.57. The fraction of sp³-hybridized carbons (Fsp3) is 0.364. The van der Waals surface area contributed by atoms with Gasteiger partial charge in [-0.3, -0.25) is 33.9 Å². The Morgan fingerprint density at radius 2 is 1.64 bits per heavy atom. The van der Waals surface area contributed by atoms with Crippen LogP contribution in [-0.2, 0) is 35.3 Å². The third-order valence-corrected chi connectivity index (χ3v) is 14.2. The number of rotatable bonds is 21. The van der Waals surface area contributed by atoms with Crippen LogP contribution in [-0.4, -0.2) is 101 Å². The number of aryl methyl sites for hydroxylation is 1. The number of β-amino-alcohol motifs (C(OH)–C–C–N with tert-alkyl or cyclic N) is 1. The number of anilines is 2. The summed E-state index contributed by atoms with van der Waals surface area (Å²) in [7, 11) is 1.46. The van der Waals surface area contributed by atoms with Gasteiger partial charge in [0.1, 0.15) is 29.1 Å². The van der Waals surface area contributed by atoms with Gasteiger partial charge in [-0.15, -0.1) is 11.3 Å². The molecule has 0 spiro atoms. The maximum absolute atomic E-state index is 15.9.